The van der Waals surface area contributed by atoms with Crippen LogP contribution in [-0.2, 0) is 0 Å². The van der Waals surface area contributed by atoms with Crippen LogP contribution in [0.15, 0.2) is 54.9 Å². The van der Waals surface area contributed by atoms with Crippen molar-refractivity contribution >= 4 is 12.4 Å². The van der Waals surface area contributed by atoms with Gasteiger partial charge in [0.05, 0.1) is 6.33 Å². The van der Waals surface area contributed by atoms with Crippen LogP contribution in [0, 0.1) is 0 Å². The minimum Gasteiger partial charge on any atom is -0.487 e. The zero-order valence-electron chi connectivity index (χ0n) is 10.2. The highest BCUT2D eigenvalue weighted by atomic mass is 35.5. The van der Waals surface area contributed by atoms with Crippen molar-refractivity contribution in [1.29, 1.82) is 0 Å². The van der Waals surface area contributed by atoms with Crippen LogP contribution < -0.4 is 10.5 Å². The summed E-state index contributed by atoms with van der Waals surface area (Å²) in [5, 5.41) is 0. The molecule has 1 aromatic carbocycles. The van der Waals surface area contributed by atoms with Gasteiger partial charge in [0.15, 0.2) is 0 Å². The molecule has 0 radical (unpaired) electrons. The zero-order chi connectivity index (χ0) is 12.8. The Hall–Kier alpha value is -1.85. The lowest BCUT2D eigenvalue weighted by Crippen LogP contribution is -2.01. The van der Waals surface area contributed by atoms with E-state index in [4.69, 9.17) is 10.5 Å². The number of halogens is 2. The molecule has 0 atom stereocenters. The second kappa shape index (κ2) is 7.56. The van der Waals surface area contributed by atoms with E-state index in [9.17, 15) is 4.39 Å². The monoisotopic (exact) mass is 283 g/mol. The van der Waals surface area contributed by atoms with Crippen molar-refractivity contribution in [3.05, 3.63) is 54.9 Å². The summed E-state index contributed by atoms with van der Waals surface area (Å²) in [4.78, 5) is 3.96. The zero-order valence-corrected chi connectivity index (χ0v) is 11.0. The lowest BCUT2D eigenvalue weighted by atomic mass is 10.3. The van der Waals surface area contributed by atoms with Crippen LogP contribution in [0.2, 0.25) is 0 Å². The maximum absolute atomic E-state index is 13.0. The highest BCUT2D eigenvalue weighted by molar-refractivity contribution is 5.85. The third-order valence-electron chi connectivity index (χ3n) is 2.36. The van der Waals surface area contributed by atoms with Crippen molar-refractivity contribution in [3.8, 4) is 11.4 Å². The van der Waals surface area contributed by atoms with Crippen LogP contribution in [0.3, 0.4) is 0 Å². The fraction of sp³-hybridized carbons (Fsp3) is 0.154. The molecule has 19 heavy (non-hydrogen) atoms. The minimum atomic E-state index is -0.365. The van der Waals surface area contributed by atoms with Crippen molar-refractivity contribution in [3.63, 3.8) is 0 Å². The number of hydrogen-bond acceptors (Lipinski definition) is 3. The largest absolute Gasteiger partial charge is 0.487 e. The van der Waals surface area contributed by atoms with Crippen LogP contribution in [0.1, 0.15) is 0 Å². The molecule has 0 saturated carbocycles. The van der Waals surface area contributed by atoms with Gasteiger partial charge in [-0.25, -0.2) is 9.37 Å². The van der Waals surface area contributed by atoms with Gasteiger partial charge in [-0.1, -0.05) is 0 Å². The Morgan fingerprint density at radius 2 is 2.11 bits per heavy atom. The van der Waals surface area contributed by atoms with Gasteiger partial charge in [0.25, 0.3) is 0 Å². The molecule has 0 aliphatic rings. The number of nitrogens with two attached hydrogens (primary N) is 1. The molecule has 1 aromatic heterocycles. The van der Waals surface area contributed by atoms with Crippen LogP contribution >= 0.6 is 12.4 Å². The van der Waals surface area contributed by atoms with E-state index in [1.54, 1.807) is 24.7 Å². The Balaban J connectivity index is 0.00000180. The molecule has 102 valence electrons. The molecule has 0 unspecified atom stereocenters. The molecule has 4 nitrogen and oxygen atoms in total. The highest BCUT2D eigenvalue weighted by Crippen LogP contribution is 2.15. The Morgan fingerprint density at radius 1 is 1.37 bits per heavy atom. The second-order valence-electron chi connectivity index (χ2n) is 3.64. The average molecular weight is 284 g/mol. The van der Waals surface area contributed by atoms with E-state index in [0.717, 1.165) is 5.69 Å². The van der Waals surface area contributed by atoms with E-state index in [1.807, 2.05) is 22.9 Å². The lowest BCUT2D eigenvalue weighted by Gasteiger charge is -2.06. The summed E-state index contributed by atoms with van der Waals surface area (Å²) in [6.45, 7) is 0.0797. The van der Waals surface area contributed by atoms with Crippen molar-refractivity contribution in [2.45, 2.75) is 0 Å². The maximum Gasteiger partial charge on any atom is 0.139 e. The first-order chi connectivity index (χ1) is 8.79. The summed E-state index contributed by atoms with van der Waals surface area (Å²) < 4.78 is 20.2. The molecule has 2 aromatic rings. The summed E-state index contributed by atoms with van der Waals surface area (Å²) in [6, 6.07) is 7.32. The van der Waals surface area contributed by atoms with Gasteiger partial charge in [-0.3, -0.25) is 0 Å². The number of imidazole rings is 1. The average Bonchev–Trinajstić information content (AvgIpc) is 2.91. The molecule has 0 saturated heterocycles. The molecule has 0 aliphatic heterocycles. The first-order valence-electron chi connectivity index (χ1n) is 5.55. The predicted molar refractivity (Wildman–Crippen MR) is 74.6 cm³/mol. The van der Waals surface area contributed by atoms with Gasteiger partial charge >= 0.3 is 0 Å². The van der Waals surface area contributed by atoms with Crippen molar-refractivity contribution in [2.24, 2.45) is 5.73 Å². The molecular weight excluding hydrogens is 269 g/mol. The minimum absolute atomic E-state index is 0. The van der Waals surface area contributed by atoms with Gasteiger partial charge in [0.1, 0.15) is 18.2 Å². The maximum atomic E-state index is 13.0. The van der Waals surface area contributed by atoms with Gasteiger partial charge in [-0.15, -0.1) is 12.4 Å². The molecule has 0 spiro atoms. The topological polar surface area (TPSA) is 53.1 Å². The predicted octanol–water partition coefficient (Wildman–Crippen LogP) is 2.49. The SMILES string of the molecule is Cl.NCC=C(F)COc1ccc(-n2ccnc2)cc1. The highest BCUT2D eigenvalue weighted by Gasteiger charge is 1.99. The van der Waals surface area contributed by atoms with Crippen molar-refractivity contribution < 1.29 is 9.13 Å². The fourth-order valence-electron chi connectivity index (χ4n) is 1.47. The van der Waals surface area contributed by atoms with Gasteiger partial charge in [-0.2, -0.15) is 0 Å². The van der Waals surface area contributed by atoms with Gasteiger partial charge in [0.2, 0.25) is 0 Å². The summed E-state index contributed by atoms with van der Waals surface area (Å²) in [5.74, 6) is 0.246. The molecule has 1 heterocycles. The fourth-order valence-corrected chi connectivity index (χ4v) is 1.47. The van der Waals surface area contributed by atoms with Crippen LogP contribution in [0.5, 0.6) is 5.75 Å². The normalized spacial score (nSPS) is 10.9. The number of rotatable bonds is 5. The Bertz CT molecular complexity index is 511. The number of benzene rings is 1. The number of ether oxygens (including phenoxy) is 1. The smallest absolute Gasteiger partial charge is 0.139 e. The third kappa shape index (κ3) is 4.39. The van der Waals surface area contributed by atoms with Crippen LogP contribution in [0.25, 0.3) is 5.69 Å². The molecular formula is C13H15ClFN3O. The van der Waals surface area contributed by atoms with Crippen LogP contribution in [-0.4, -0.2) is 22.7 Å². The number of nitrogens with zero attached hydrogens (tertiary/aromatic N) is 2. The molecule has 0 aliphatic carbocycles. The van der Waals surface area contributed by atoms with Crippen molar-refractivity contribution in [1.82, 2.24) is 9.55 Å². The Morgan fingerprint density at radius 3 is 2.68 bits per heavy atom. The number of aromatic nitrogens is 2. The van der Waals surface area contributed by atoms with Crippen LogP contribution in [0.4, 0.5) is 4.39 Å². The number of hydrogen-bond donors (Lipinski definition) is 1. The summed E-state index contributed by atoms with van der Waals surface area (Å²) in [7, 11) is 0. The van der Waals surface area contributed by atoms with E-state index in [1.165, 1.54) is 6.08 Å². The second-order valence-corrected chi connectivity index (χ2v) is 3.64. The van der Waals surface area contributed by atoms with E-state index < -0.39 is 0 Å². The summed E-state index contributed by atoms with van der Waals surface area (Å²) in [5.41, 5.74) is 6.16. The standard InChI is InChI=1S/C13H14FN3O.ClH/c14-11(5-6-15)9-18-13-3-1-12(2-4-13)17-8-7-16-10-17;/h1-5,7-8,10H,6,9,15H2;1H. The Kier molecular flexibility index (Phi) is 6.05. The molecule has 6 heteroatoms. The van der Waals surface area contributed by atoms with E-state index in [-0.39, 0.29) is 31.4 Å². The summed E-state index contributed by atoms with van der Waals surface area (Å²) in [6.07, 6.45) is 6.55. The molecule has 2 N–H and O–H groups in total. The first-order valence-corrected chi connectivity index (χ1v) is 5.55. The molecule has 0 fully saturated rings. The molecule has 0 bridgehead atoms. The lowest BCUT2D eigenvalue weighted by molar-refractivity contribution is 0.318. The van der Waals surface area contributed by atoms with E-state index in [2.05, 4.69) is 4.98 Å². The quantitative estimate of drug-likeness (QED) is 0.917. The van der Waals surface area contributed by atoms with Gasteiger partial charge in [0, 0.05) is 24.6 Å². The first kappa shape index (κ1) is 15.2. The molecule has 0 amide bonds. The molecule has 2 rings (SSSR count). The summed E-state index contributed by atoms with van der Waals surface area (Å²) >= 11 is 0. The van der Waals surface area contributed by atoms with E-state index in [0.29, 0.717) is 5.75 Å². The van der Waals surface area contributed by atoms with E-state index >= 15 is 0 Å². The van der Waals surface area contributed by atoms with Gasteiger partial charge < -0.3 is 15.0 Å². The van der Waals surface area contributed by atoms with Gasteiger partial charge in [-0.05, 0) is 30.3 Å². The van der Waals surface area contributed by atoms with Crippen molar-refractivity contribution in [2.75, 3.05) is 13.2 Å². The Labute approximate surface area is 117 Å². The third-order valence-corrected chi connectivity index (χ3v) is 2.36.